The van der Waals surface area contributed by atoms with Gasteiger partial charge in [-0.05, 0) is 12.1 Å². The highest BCUT2D eigenvalue weighted by Crippen LogP contribution is 2.27. The molecule has 6 N–H and O–H groups in total. The second-order valence-corrected chi connectivity index (χ2v) is 4.17. The molecular weight excluding hydrogens is 284 g/mol. The highest BCUT2D eigenvalue weighted by atomic mass is 35.5. The number of nitrogens with zero attached hydrogens (tertiary/aromatic N) is 2. The number of aromatic nitrogens is 2. The van der Waals surface area contributed by atoms with Crippen molar-refractivity contribution in [3.05, 3.63) is 41.0 Å². The van der Waals surface area contributed by atoms with Gasteiger partial charge in [0.05, 0.1) is 5.69 Å². The fraction of sp³-hybridized carbons (Fsp3) is 0.0909. The molecule has 1 aromatic heterocycles. The quantitative estimate of drug-likeness (QED) is 0.379. The first kappa shape index (κ1) is 14.1. The second-order valence-electron chi connectivity index (χ2n) is 3.76. The zero-order valence-corrected chi connectivity index (χ0v) is 11.1. The van der Waals surface area contributed by atoms with E-state index in [1.165, 1.54) is 0 Å². The summed E-state index contributed by atoms with van der Waals surface area (Å²) in [6.45, 7) is 0.103. The van der Waals surface area contributed by atoms with Crippen LogP contribution in [0.5, 0.6) is 5.88 Å². The van der Waals surface area contributed by atoms with Crippen molar-refractivity contribution in [1.82, 2.24) is 15.6 Å². The number of rotatable bonds is 4. The van der Waals surface area contributed by atoms with Crippen molar-refractivity contribution in [1.29, 1.82) is 0 Å². The van der Waals surface area contributed by atoms with Crippen LogP contribution in [-0.4, -0.2) is 16.2 Å². The topological polar surface area (TPSA) is 122 Å². The van der Waals surface area contributed by atoms with Gasteiger partial charge in [-0.15, -0.1) is 5.10 Å². The first-order valence-corrected chi connectivity index (χ1v) is 5.96. The zero-order chi connectivity index (χ0) is 14.5. The standard InChI is InChI=1S/C11H13ClN6O2/c12-8-2-1-3-9(18(14)11(19)16-13)7(8)6-20-10-4-5-15-17-10/h1-5H,6,13-14H2,(H,15,17)(H,16,19). The normalized spacial score (nSPS) is 10.2. The van der Waals surface area contributed by atoms with Crippen molar-refractivity contribution in [2.24, 2.45) is 11.7 Å². The van der Waals surface area contributed by atoms with Crippen LogP contribution in [0.15, 0.2) is 30.5 Å². The van der Waals surface area contributed by atoms with Gasteiger partial charge in [-0.25, -0.2) is 21.5 Å². The molecule has 106 valence electrons. The van der Waals surface area contributed by atoms with E-state index in [9.17, 15) is 4.79 Å². The van der Waals surface area contributed by atoms with Crippen molar-refractivity contribution >= 4 is 23.3 Å². The summed E-state index contributed by atoms with van der Waals surface area (Å²) in [5, 5.41) is 7.75. The number of hydrogen-bond acceptors (Lipinski definition) is 5. The number of urea groups is 1. The van der Waals surface area contributed by atoms with Crippen molar-refractivity contribution < 1.29 is 9.53 Å². The number of anilines is 1. The Kier molecular flexibility index (Phi) is 4.41. The van der Waals surface area contributed by atoms with Crippen LogP contribution < -0.4 is 26.9 Å². The van der Waals surface area contributed by atoms with Gasteiger partial charge < -0.3 is 4.74 Å². The number of halogens is 1. The van der Waals surface area contributed by atoms with Gasteiger partial charge in [0.2, 0.25) is 5.88 Å². The first-order valence-electron chi connectivity index (χ1n) is 5.59. The van der Waals surface area contributed by atoms with Gasteiger partial charge >= 0.3 is 6.03 Å². The third kappa shape index (κ3) is 2.99. The van der Waals surface area contributed by atoms with E-state index in [2.05, 4.69) is 10.2 Å². The molecule has 0 unspecified atom stereocenters. The Morgan fingerprint density at radius 3 is 2.95 bits per heavy atom. The van der Waals surface area contributed by atoms with Gasteiger partial charge in [0, 0.05) is 22.8 Å². The monoisotopic (exact) mass is 296 g/mol. The lowest BCUT2D eigenvalue weighted by molar-refractivity contribution is 0.246. The lowest BCUT2D eigenvalue weighted by Crippen LogP contribution is -2.48. The molecule has 1 aromatic carbocycles. The molecule has 8 nitrogen and oxygen atoms in total. The SMILES string of the molecule is NNC(=O)N(N)c1cccc(Cl)c1COc1cc[nH]n1. The lowest BCUT2D eigenvalue weighted by atomic mass is 10.2. The number of H-pyrrole nitrogens is 1. The van der Waals surface area contributed by atoms with Crippen LogP contribution >= 0.6 is 11.6 Å². The van der Waals surface area contributed by atoms with E-state index in [1.54, 1.807) is 30.5 Å². The molecule has 0 atom stereocenters. The van der Waals surface area contributed by atoms with Crippen LogP contribution in [0.3, 0.4) is 0 Å². The molecule has 20 heavy (non-hydrogen) atoms. The molecule has 0 radical (unpaired) electrons. The van der Waals surface area contributed by atoms with Crippen LogP contribution in [0.4, 0.5) is 10.5 Å². The van der Waals surface area contributed by atoms with E-state index in [-0.39, 0.29) is 6.61 Å². The number of benzene rings is 1. The minimum atomic E-state index is -0.673. The van der Waals surface area contributed by atoms with Gasteiger partial charge in [-0.3, -0.25) is 10.5 Å². The molecule has 2 aromatic rings. The summed E-state index contributed by atoms with van der Waals surface area (Å²) < 4.78 is 5.45. The maximum absolute atomic E-state index is 11.5. The molecule has 9 heteroatoms. The molecule has 0 saturated carbocycles. The van der Waals surface area contributed by atoms with Crippen LogP contribution in [0.1, 0.15) is 5.56 Å². The molecule has 0 spiro atoms. The fourth-order valence-corrected chi connectivity index (χ4v) is 1.79. The average molecular weight is 297 g/mol. The van der Waals surface area contributed by atoms with Gasteiger partial charge in [0.15, 0.2) is 0 Å². The summed E-state index contributed by atoms with van der Waals surface area (Å²) in [7, 11) is 0. The molecule has 2 rings (SSSR count). The van der Waals surface area contributed by atoms with Crippen LogP contribution in [0, 0.1) is 0 Å². The van der Waals surface area contributed by atoms with Crippen molar-refractivity contribution in [3.63, 3.8) is 0 Å². The summed E-state index contributed by atoms with van der Waals surface area (Å²) >= 11 is 6.11. The Balaban J connectivity index is 2.24. The van der Waals surface area contributed by atoms with Gasteiger partial charge in [0.1, 0.15) is 6.61 Å². The smallest absolute Gasteiger partial charge is 0.350 e. The number of aromatic amines is 1. The summed E-state index contributed by atoms with van der Waals surface area (Å²) in [5.74, 6) is 11.1. The number of hydrazine groups is 2. The largest absolute Gasteiger partial charge is 0.472 e. The van der Waals surface area contributed by atoms with E-state index in [0.29, 0.717) is 22.2 Å². The fourth-order valence-electron chi connectivity index (χ4n) is 1.57. The Bertz CT molecular complexity index is 589. The predicted octanol–water partition coefficient (Wildman–Crippen LogP) is 0.906. The highest BCUT2D eigenvalue weighted by Gasteiger charge is 2.17. The molecule has 2 amide bonds. The van der Waals surface area contributed by atoms with Gasteiger partial charge in [-0.1, -0.05) is 17.7 Å². The predicted molar refractivity (Wildman–Crippen MR) is 73.8 cm³/mol. The number of ether oxygens (including phenoxy) is 1. The molecule has 0 saturated heterocycles. The molecule has 0 bridgehead atoms. The zero-order valence-electron chi connectivity index (χ0n) is 10.3. The van der Waals surface area contributed by atoms with Gasteiger partial charge in [0.25, 0.3) is 0 Å². The number of amides is 2. The molecule has 0 aliphatic heterocycles. The van der Waals surface area contributed by atoms with Gasteiger partial charge in [-0.2, -0.15) is 0 Å². The third-order valence-electron chi connectivity index (χ3n) is 2.54. The van der Waals surface area contributed by atoms with Crippen molar-refractivity contribution in [2.75, 3.05) is 5.01 Å². The van der Waals surface area contributed by atoms with E-state index >= 15 is 0 Å². The number of nitrogens with two attached hydrogens (primary N) is 2. The molecule has 0 aliphatic rings. The van der Waals surface area contributed by atoms with E-state index in [0.717, 1.165) is 5.01 Å². The Labute approximate surface area is 119 Å². The molecule has 1 heterocycles. The first-order chi connectivity index (χ1) is 9.63. The number of carbonyl (C=O) groups excluding carboxylic acids is 1. The molecular formula is C11H13ClN6O2. The summed E-state index contributed by atoms with van der Waals surface area (Å²) in [5.41, 5.74) is 2.87. The minimum Gasteiger partial charge on any atom is -0.472 e. The number of hydrogen-bond donors (Lipinski definition) is 4. The summed E-state index contributed by atoms with van der Waals surface area (Å²) in [4.78, 5) is 11.5. The summed E-state index contributed by atoms with van der Waals surface area (Å²) in [6, 6.07) is 5.95. The third-order valence-corrected chi connectivity index (χ3v) is 2.89. The van der Waals surface area contributed by atoms with Crippen molar-refractivity contribution in [3.8, 4) is 5.88 Å². The van der Waals surface area contributed by atoms with Crippen molar-refractivity contribution in [2.45, 2.75) is 6.61 Å². The maximum atomic E-state index is 11.5. The average Bonchev–Trinajstić information content (AvgIpc) is 2.97. The van der Waals surface area contributed by atoms with E-state index in [4.69, 9.17) is 28.0 Å². The summed E-state index contributed by atoms with van der Waals surface area (Å²) in [6.07, 6.45) is 1.62. The van der Waals surface area contributed by atoms with Crippen LogP contribution in [-0.2, 0) is 6.61 Å². The van der Waals surface area contributed by atoms with E-state index < -0.39 is 6.03 Å². The molecule has 0 fully saturated rings. The Hall–Kier alpha value is -2.29. The van der Waals surface area contributed by atoms with E-state index in [1.807, 2.05) is 5.43 Å². The lowest BCUT2D eigenvalue weighted by Gasteiger charge is -2.20. The number of carbonyl (C=O) groups is 1. The Morgan fingerprint density at radius 2 is 2.30 bits per heavy atom. The number of nitrogens with one attached hydrogen (secondary N) is 2. The maximum Gasteiger partial charge on any atom is 0.350 e. The van der Waals surface area contributed by atoms with Crippen LogP contribution in [0.2, 0.25) is 5.02 Å². The highest BCUT2D eigenvalue weighted by molar-refractivity contribution is 6.31. The second kappa shape index (κ2) is 6.24. The minimum absolute atomic E-state index is 0.103. The van der Waals surface area contributed by atoms with Crippen LogP contribution in [0.25, 0.3) is 0 Å². The Morgan fingerprint density at radius 1 is 1.50 bits per heavy atom. The molecule has 0 aliphatic carbocycles.